The lowest BCUT2D eigenvalue weighted by Crippen LogP contribution is -2.42. The fourth-order valence-electron chi connectivity index (χ4n) is 3.06. The Labute approximate surface area is 180 Å². The summed E-state index contributed by atoms with van der Waals surface area (Å²) in [6, 6.07) is 3.53. The molecule has 0 radical (unpaired) electrons. The van der Waals surface area contributed by atoms with Crippen LogP contribution in [0.5, 0.6) is 0 Å². The molecule has 31 heavy (non-hydrogen) atoms. The molecule has 0 amide bonds. The molecule has 12 nitrogen and oxygen atoms in total. The van der Waals surface area contributed by atoms with Gasteiger partial charge in [0.15, 0.2) is 11.5 Å². The standard InChI is InChI=1S/C17H21N4O8PS/c1-7-3-9-10(4-8(7)2)21(15-13(18-9)16(25)20-17(31)19-15)5-11(22)14(24)12(23)6-29-30(26,27)28/h3-4,11-12,14,22-24H,5-6H2,1-2H3,(H,20,25,31)(H2,26,27,28)/t11-,12+,14-/m0/s1. The van der Waals surface area contributed by atoms with Crippen LogP contribution in [0.1, 0.15) is 11.1 Å². The van der Waals surface area contributed by atoms with Gasteiger partial charge in [0.05, 0.1) is 24.2 Å². The van der Waals surface area contributed by atoms with Crippen LogP contribution in [-0.4, -0.2) is 69.5 Å². The number of H-pyrrole nitrogens is 1. The van der Waals surface area contributed by atoms with Crippen LogP contribution in [-0.2, 0) is 15.6 Å². The van der Waals surface area contributed by atoms with Crippen molar-refractivity contribution in [1.29, 1.82) is 0 Å². The third kappa shape index (κ3) is 5.22. The van der Waals surface area contributed by atoms with Gasteiger partial charge >= 0.3 is 7.82 Å². The molecule has 0 aromatic heterocycles. The van der Waals surface area contributed by atoms with E-state index in [0.29, 0.717) is 11.0 Å². The molecule has 0 unspecified atom stereocenters. The molecule has 3 rings (SSSR count). The van der Waals surface area contributed by atoms with Crippen LogP contribution in [0.3, 0.4) is 0 Å². The summed E-state index contributed by atoms with van der Waals surface area (Å²) in [6.07, 6.45) is -5.24. The van der Waals surface area contributed by atoms with Crippen LogP contribution >= 0.6 is 20.0 Å². The molecule has 3 atom stereocenters. The number of hydrogen-bond donors (Lipinski definition) is 6. The molecule has 6 N–H and O–H groups in total. The molecular formula is C17H21N4O8PS. The lowest BCUT2D eigenvalue weighted by molar-refractivity contribution is -0.0793. The molecule has 1 aromatic carbocycles. The molecule has 0 saturated carbocycles. The fraction of sp³-hybridized carbons (Fsp3) is 0.412. The van der Waals surface area contributed by atoms with E-state index in [4.69, 9.17) is 22.0 Å². The summed E-state index contributed by atoms with van der Waals surface area (Å²) in [5.41, 5.74) is 2.14. The van der Waals surface area contributed by atoms with Gasteiger partial charge in [-0.2, -0.15) is 4.98 Å². The Bertz CT molecular complexity index is 1260. The maximum absolute atomic E-state index is 12.4. The molecule has 2 aliphatic rings. The first-order valence-corrected chi connectivity index (χ1v) is 11.0. The van der Waals surface area contributed by atoms with Gasteiger partial charge in [0.25, 0.3) is 5.56 Å². The zero-order valence-corrected chi connectivity index (χ0v) is 18.2. The molecule has 2 heterocycles. The van der Waals surface area contributed by atoms with Gasteiger partial charge in [0, 0.05) is 0 Å². The van der Waals surface area contributed by atoms with Crippen molar-refractivity contribution in [3.05, 3.63) is 38.4 Å². The Kier molecular flexibility index (Phi) is 6.69. The summed E-state index contributed by atoms with van der Waals surface area (Å²) in [5, 5.41) is 30.7. The monoisotopic (exact) mass is 472 g/mol. The van der Waals surface area contributed by atoms with Crippen molar-refractivity contribution in [1.82, 2.24) is 19.5 Å². The van der Waals surface area contributed by atoms with E-state index in [1.807, 2.05) is 13.8 Å². The van der Waals surface area contributed by atoms with Gasteiger partial charge in [0.2, 0.25) is 4.77 Å². The maximum atomic E-state index is 12.4. The van der Waals surface area contributed by atoms with Gasteiger partial charge in [-0.25, -0.2) is 9.55 Å². The number of aryl methyl sites for hydroxylation is 2. The molecule has 14 heteroatoms. The number of aromatic nitrogens is 4. The fourth-order valence-corrected chi connectivity index (χ4v) is 3.58. The predicted octanol–water partition coefficient (Wildman–Crippen LogP) is -0.237. The largest absolute Gasteiger partial charge is 0.469 e. The average molecular weight is 472 g/mol. The van der Waals surface area contributed by atoms with E-state index in [1.165, 1.54) is 4.57 Å². The quantitative estimate of drug-likeness (QED) is 0.151. The van der Waals surface area contributed by atoms with Crippen molar-refractivity contribution in [2.24, 2.45) is 0 Å². The van der Waals surface area contributed by atoms with E-state index in [9.17, 15) is 24.7 Å². The first kappa shape index (κ1) is 23.6. The van der Waals surface area contributed by atoms with Gasteiger partial charge in [-0.15, -0.1) is 0 Å². The maximum Gasteiger partial charge on any atom is 0.469 e. The minimum atomic E-state index is -4.87. The Balaban J connectivity index is 2.06. The first-order chi connectivity index (χ1) is 14.4. The second-order valence-electron chi connectivity index (χ2n) is 7.10. The van der Waals surface area contributed by atoms with Crippen LogP contribution in [0, 0.1) is 18.6 Å². The van der Waals surface area contributed by atoms with Crippen LogP contribution < -0.4 is 5.56 Å². The van der Waals surface area contributed by atoms with E-state index >= 15 is 0 Å². The number of aliphatic hydroxyl groups excluding tert-OH is 3. The van der Waals surface area contributed by atoms with Gasteiger partial charge < -0.3 is 29.7 Å². The van der Waals surface area contributed by atoms with Crippen molar-refractivity contribution >= 4 is 31.1 Å². The average Bonchev–Trinajstić information content (AvgIpc) is 2.67. The Morgan fingerprint density at radius 2 is 1.81 bits per heavy atom. The van der Waals surface area contributed by atoms with Crippen LogP contribution in [0.15, 0.2) is 16.9 Å². The second-order valence-corrected chi connectivity index (χ2v) is 8.73. The molecule has 168 valence electrons. The van der Waals surface area contributed by atoms with Gasteiger partial charge in [-0.3, -0.25) is 14.3 Å². The first-order valence-electron chi connectivity index (χ1n) is 9.03. The summed E-state index contributed by atoms with van der Waals surface area (Å²) < 4.78 is 16.3. The number of hydrogen-bond acceptors (Lipinski definition) is 9. The highest BCUT2D eigenvalue weighted by Gasteiger charge is 2.29. The number of aliphatic hydroxyl groups is 3. The Morgan fingerprint density at radius 3 is 2.45 bits per heavy atom. The summed E-state index contributed by atoms with van der Waals surface area (Å²) in [4.78, 5) is 40.7. The van der Waals surface area contributed by atoms with Gasteiger partial charge in [0.1, 0.15) is 18.3 Å². The molecule has 0 saturated heterocycles. The van der Waals surface area contributed by atoms with Crippen molar-refractivity contribution in [2.45, 2.75) is 38.7 Å². The summed E-state index contributed by atoms with van der Waals surface area (Å²) in [5.74, 6) is 0.0664. The van der Waals surface area contributed by atoms with Gasteiger partial charge in [-0.05, 0) is 49.3 Å². The number of rotatable bonds is 7. The number of nitrogens with zero attached hydrogens (tertiary/aromatic N) is 3. The normalized spacial score (nSPS) is 15.3. The number of phosphoric acid groups is 1. The number of phosphoric ester groups is 1. The lowest BCUT2D eigenvalue weighted by atomic mass is 10.1. The minimum absolute atomic E-state index is 0.0311. The predicted molar refractivity (Wildman–Crippen MR) is 111 cm³/mol. The Morgan fingerprint density at radius 1 is 1.16 bits per heavy atom. The second kappa shape index (κ2) is 8.81. The Hall–Kier alpha value is -2.09. The van der Waals surface area contributed by atoms with Crippen molar-refractivity contribution < 1.29 is 34.2 Å². The smallest absolute Gasteiger partial charge is 0.388 e. The zero-order chi connectivity index (χ0) is 23.1. The zero-order valence-electron chi connectivity index (χ0n) is 16.5. The van der Waals surface area contributed by atoms with E-state index in [2.05, 4.69) is 19.5 Å². The molecular weight excluding hydrogens is 451 g/mol. The topological polar surface area (TPSA) is 191 Å². The van der Waals surface area contributed by atoms with Crippen molar-refractivity contribution in [3.8, 4) is 11.5 Å². The highest BCUT2D eigenvalue weighted by Crippen LogP contribution is 2.36. The third-order valence-corrected chi connectivity index (χ3v) is 5.47. The van der Waals surface area contributed by atoms with Crippen LogP contribution in [0.2, 0.25) is 0 Å². The van der Waals surface area contributed by atoms with E-state index < -0.39 is 38.3 Å². The van der Waals surface area contributed by atoms with Gasteiger partial charge in [-0.1, -0.05) is 0 Å². The SMILES string of the molecule is Cc1cc2nc3c(=O)[nH]c(=S)nc-3n(C[C@H](O)[C@H](O)[C@H](O)COP(=O)(O)O)c2cc1C. The minimum Gasteiger partial charge on any atom is -0.388 e. The third-order valence-electron chi connectivity index (χ3n) is 4.80. The molecule has 0 aliphatic carbocycles. The summed E-state index contributed by atoms with van der Waals surface area (Å²) in [6.45, 7) is 2.49. The molecule has 1 aromatic rings. The summed E-state index contributed by atoms with van der Waals surface area (Å²) in [7, 11) is -4.87. The molecule has 0 spiro atoms. The number of aromatic amines is 1. The van der Waals surface area contributed by atoms with E-state index in [1.54, 1.807) is 12.1 Å². The van der Waals surface area contributed by atoms with Crippen molar-refractivity contribution in [2.75, 3.05) is 6.61 Å². The number of fused-ring (bicyclic) bond motifs is 2. The van der Waals surface area contributed by atoms with Crippen LogP contribution in [0.25, 0.3) is 22.6 Å². The molecule has 0 fully saturated rings. The molecule has 2 aliphatic heterocycles. The molecule has 0 bridgehead atoms. The number of benzene rings is 1. The highest BCUT2D eigenvalue weighted by atomic mass is 32.1. The van der Waals surface area contributed by atoms with E-state index in [-0.39, 0.29) is 22.8 Å². The summed E-state index contributed by atoms with van der Waals surface area (Å²) >= 11 is 4.98. The highest BCUT2D eigenvalue weighted by molar-refractivity contribution is 7.71. The lowest BCUT2D eigenvalue weighted by Gasteiger charge is -2.26. The van der Waals surface area contributed by atoms with E-state index in [0.717, 1.165) is 11.1 Å². The number of nitrogens with one attached hydrogen (secondary N) is 1. The van der Waals surface area contributed by atoms with Crippen molar-refractivity contribution in [3.63, 3.8) is 0 Å². The van der Waals surface area contributed by atoms with Crippen LogP contribution in [0.4, 0.5) is 0 Å².